The summed E-state index contributed by atoms with van der Waals surface area (Å²) in [6.07, 6.45) is 0.243. The van der Waals surface area contributed by atoms with E-state index in [1.165, 1.54) is 12.1 Å². The van der Waals surface area contributed by atoms with Gasteiger partial charge in [-0.3, -0.25) is 4.79 Å². The maximum atomic E-state index is 13.2. The fraction of sp³-hybridized carbons (Fsp3) is 0.278. The Bertz CT molecular complexity index is 615. The van der Waals surface area contributed by atoms with E-state index in [4.69, 9.17) is 0 Å². The van der Waals surface area contributed by atoms with Gasteiger partial charge in [0.05, 0.1) is 12.6 Å². The Morgan fingerprint density at radius 1 is 1.14 bits per heavy atom. The van der Waals surface area contributed by atoms with Gasteiger partial charge in [0.2, 0.25) is 5.91 Å². The Morgan fingerprint density at radius 2 is 1.82 bits per heavy atom. The van der Waals surface area contributed by atoms with Crippen LogP contribution in [0.2, 0.25) is 0 Å². The third-order valence-corrected chi connectivity index (χ3v) is 3.63. The maximum absolute atomic E-state index is 13.2. The number of rotatable bonds is 6. The summed E-state index contributed by atoms with van der Waals surface area (Å²) in [5.74, 6) is -0.562. The van der Waals surface area contributed by atoms with E-state index in [2.05, 4.69) is 5.32 Å². The van der Waals surface area contributed by atoms with Crippen molar-refractivity contribution >= 4 is 5.91 Å². The Hall–Kier alpha value is -2.20. The topological polar surface area (TPSA) is 49.3 Å². The largest absolute Gasteiger partial charge is 0.394 e. The molecule has 116 valence electrons. The molecule has 2 rings (SSSR count). The van der Waals surface area contributed by atoms with Crippen LogP contribution < -0.4 is 5.32 Å². The minimum Gasteiger partial charge on any atom is -0.394 e. The van der Waals surface area contributed by atoms with E-state index in [0.717, 1.165) is 11.1 Å². The van der Waals surface area contributed by atoms with Crippen molar-refractivity contribution in [2.45, 2.75) is 25.3 Å². The van der Waals surface area contributed by atoms with Gasteiger partial charge in [0.15, 0.2) is 0 Å². The normalized spacial score (nSPS) is 13.4. The molecule has 0 aliphatic heterocycles. The molecule has 2 aromatic carbocycles. The zero-order valence-corrected chi connectivity index (χ0v) is 12.5. The first-order valence-electron chi connectivity index (χ1n) is 7.30. The lowest BCUT2D eigenvalue weighted by molar-refractivity contribution is -0.122. The van der Waals surface area contributed by atoms with Crippen LogP contribution in [0.4, 0.5) is 4.39 Å². The Labute approximate surface area is 129 Å². The SMILES string of the molecule is CC(CC(=O)NC(CO)c1ccccc1)c1cccc(F)c1. The number of nitrogens with one attached hydrogen (secondary N) is 1. The van der Waals surface area contributed by atoms with Crippen LogP contribution in [-0.2, 0) is 4.79 Å². The highest BCUT2D eigenvalue weighted by molar-refractivity contribution is 5.77. The number of amides is 1. The highest BCUT2D eigenvalue weighted by Crippen LogP contribution is 2.20. The predicted molar refractivity (Wildman–Crippen MR) is 83.8 cm³/mol. The van der Waals surface area contributed by atoms with Gasteiger partial charge >= 0.3 is 0 Å². The lowest BCUT2D eigenvalue weighted by Gasteiger charge is -2.18. The van der Waals surface area contributed by atoms with Crippen LogP contribution >= 0.6 is 0 Å². The van der Waals surface area contributed by atoms with Crippen molar-refractivity contribution < 1.29 is 14.3 Å². The maximum Gasteiger partial charge on any atom is 0.221 e. The van der Waals surface area contributed by atoms with Gasteiger partial charge in [0.25, 0.3) is 0 Å². The molecule has 22 heavy (non-hydrogen) atoms. The number of hydrogen-bond acceptors (Lipinski definition) is 2. The van der Waals surface area contributed by atoms with E-state index in [0.29, 0.717) is 0 Å². The standard InChI is InChI=1S/C18H20FNO2/c1-13(15-8-5-9-16(19)11-15)10-18(22)20-17(12-21)14-6-3-2-4-7-14/h2-9,11,13,17,21H,10,12H2,1H3,(H,20,22). The summed E-state index contributed by atoms with van der Waals surface area (Å²) in [7, 11) is 0. The van der Waals surface area contributed by atoms with Gasteiger partial charge in [-0.2, -0.15) is 0 Å². The summed E-state index contributed by atoms with van der Waals surface area (Å²) in [6.45, 7) is 1.72. The number of carbonyl (C=O) groups is 1. The van der Waals surface area contributed by atoms with E-state index < -0.39 is 6.04 Å². The zero-order chi connectivity index (χ0) is 15.9. The second-order valence-electron chi connectivity index (χ2n) is 5.37. The highest BCUT2D eigenvalue weighted by atomic mass is 19.1. The molecule has 1 amide bonds. The van der Waals surface area contributed by atoms with Crippen molar-refractivity contribution in [2.24, 2.45) is 0 Å². The molecular weight excluding hydrogens is 281 g/mol. The smallest absolute Gasteiger partial charge is 0.221 e. The molecule has 0 fully saturated rings. The van der Waals surface area contributed by atoms with Gasteiger partial charge < -0.3 is 10.4 Å². The molecule has 0 aliphatic carbocycles. The van der Waals surface area contributed by atoms with Crippen LogP contribution in [0.25, 0.3) is 0 Å². The van der Waals surface area contributed by atoms with Crippen LogP contribution in [0.1, 0.15) is 36.4 Å². The molecule has 2 aromatic rings. The van der Waals surface area contributed by atoms with Crippen molar-refractivity contribution in [1.29, 1.82) is 0 Å². The lowest BCUT2D eigenvalue weighted by atomic mass is 9.97. The Morgan fingerprint density at radius 3 is 2.45 bits per heavy atom. The minimum atomic E-state index is -0.423. The molecule has 2 unspecified atom stereocenters. The third kappa shape index (κ3) is 4.40. The summed E-state index contributed by atoms with van der Waals surface area (Å²) in [5, 5.41) is 12.3. The minimum absolute atomic E-state index is 0.0918. The van der Waals surface area contributed by atoms with E-state index in [-0.39, 0.29) is 30.7 Å². The predicted octanol–water partition coefficient (Wildman–Crippen LogP) is 3.17. The van der Waals surface area contributed by atoms with Crippen molar-refractivity contribution in [2.75, 3.05) is 6.61 Å². The summed E-state index contributed by atoms with van der Waals surface area (Å²) in [5.41, 5.74) is 1.65. The molecular formula is C18H20FNO2. The fourth-order valence-electron chi connectivity index (χ4n) is 2.38. The number of halogens is 1. The number of benzene rings is 2. The van der Waals surface area contributed by atoms with Gasteiger partial charge in [0, 0.05) is 6.42 Å². The van der Waals surface area contributed by atoms with E-state index in [9.17, 15) is 14.3 Å². The zero-order valence-electron chi connectivity index (χ0n) is 12.5. The highest BCUT2D eigenvalue weighted by Gasteiger charge is 2.16. The number of aliphatic hydroxyl groups is 1. The molecule has 3 nitrogen and oxygen atoms in total. The van der Waals surface area contributed by atoms with Gasteiger partial charge in [0.1, 0.15) is 5.82 Å². The molecule has 0 spiro atoms. The monoisotopic (exact) mass is 301 g/mol. The average Bonchev–Trinajstić information content (AvgIpc) is 2.53. The molecule has 2 atom stereocenters. The van der Waals surface area contributed by atoms with Gasteiger partial charge in [-0.25, -0.2) is 4.39 Å². The van der Waals surface area contributed by atoms with Gasteiger partial charge in [-0.1, -0.05) is 49.4 Å². The first-order chi connectivity index (χ1) is 10.6. The fourth-order valence-corrected chi connectivity index (χ4v) is 2.38. The summed E-state index contributed by atoms with van der Waals surface area (Å²) in [6, 6.07) is 15.2. The summed E-state index contributed by atoms with van der Waals surface area (Å²) in [4.78, 5) is 12.1. The van der Waals surface area contributed by atoms with Crippen LogP contribution in [0.3, 0.4) is 0 Å². The van der Waals surface area contributed by atoms with Crippen molar-refractivity contribution in [3.8, 4) is 0 Å². The second kappa shape index (κ2) is 7.71. The first kappa shape index (κ1) is 16.2. The third-order valence-electron chi connectivity index (χ3n) is 3.63. The molecule has 0 saturated heterocycles. The molecule has 0 aromatic heterocycles. The number of aliphatic hydroxyl groups excluding tert-OH is 1. The molecule has 0 aliphatic rings. The van der Waals surface area contributed by atoms with Gasteiger partial charge in [-0.15, -0.1) is 0 Å². The van der Waals surface area contributed by atoms with Crippen molar-refractivity contribution in [1.82, 2.24) is 5.32 Å². The van der Waals surface area contributed by atoms with Crippen LogP contribution in [0, 0.1) is 5.82 Å². The summed E-state index contributed by atoms with van der Waals surface area (Å²) < 4.78 is 13.2. The molecule has 0 heterocycles. The molecule has 0 radical (unpaired) electrons. The van der Waals surface area contributed by atoms with Crippen LogP contribution in [0.5, 0.6) is 0 Å². The lowest BCUT2D eigenvalue weighted by Crippen LogP contribution is -2.31. The quantitative estimate of drug-likeness (QED) is 0.861. The van der Waals surface area contributed by atoms with Crippen molar-refractivity contribution in [3.63, 3.8) is 0 Å². The molecule has 2 N–H and O–H groups in total. The Balaban J connectivity index is 1.97. The number of hydrogen-bond donors (Lipinski definition) is 2. The van der Waals surface area contributed by atoms with Crippen LogP contribution in [0.15, 0.2) is 54.6 Å². The van der Waals surface area contributed by atoms with E-state index in [1.807, 2.05) is 43.3 Å². The average molecular weight is 301 g/mol. The number of carbonyl (C=O) groups excluding carboxylic acids is 1. The first-order valence-corrected chi connectivity index (χ1v) is 7.30. The van der Waals surface area contributed by atoms with E-state index >= 15 is 0 Å². The van der Waals surface area contributed by atoms with E-state index in [1.54, 1.807) is 6.07 Å². The molecule has 0 saturated carbocycles. The van der Waals surface area contributed by atoms with Crippen molar-refractivity contribution in [3.05, 3.63) is 71.5 Å². The molecule has 0 bridgehead atoms. The Kier molecular flexibility index (Phi) is 5.67. The van der Waals surface area contributed by atoms with Gasteiger partial charge in [-0.05, 0) is 29.2 Å². The second-order valence-corrected chi connectivity index (χ2v) is 5.37. The van der Waals surface area contributed by atoms with Crippen LogP contribution in [-0.4, -0.2) is 17.6 Å². The molecule has 4 heteroatoms. The summed E-state index contributed by atoms with van der Waals surface area (Å²) >= 11 is 0.